The minimum atomic E-state index is -3.29. The molecule has 166 valence electrons. The van der Waals surface area contributed by atoms with Gasteiger partial charge in [0.25, 0.3) is 0 Å². The molecule has 0 fully saturated rings. The Kier molecular flexibility index (Phi) is 8.10. The Hall–Kier alpha value is -2.30. The Morgan fingerprint density at radius 3 is 1.80 bits per heavy atom. The van der Waals surface area contributed by atoms with Crippen LogP contribution in [-0.2, 0) is 20.0 Å². The van der Waals surface area contributed by atoms with E-state index in [0.29, 0.717) is 23.7 Å². The molecular formula is C20H29N3O5S2. The van der Waals surface area contributed by atoms with Crippen LogP contribution >= 0.6 is 0 Å². The van der Waals surface area contributed by atoms with Crippen molar-refractivity contribution >= 4 is 31.4 Å². The molecular weight excluding hydrogens is 426 g/mol. The number of nitrogens with zero attached hydrogens (tertiary/aromatic N) is 1. The van der Waals surface area contributed by atoms with E-state index < -0.39 is 20.0 Å². The van der Waals surface area contributed by atoms with Crippen LogP contribution < -0.4 is 14.2 Å². The second kappa shape index (κ2) is 10.1. The number of nitrogens with one attached hydrogen (secondary N) is 2. The quantitative estimate of drug-likeness (QED) is 0.540. The molecule has 2 N–H and O–H groups in total. The highest BCUT2D eigenvalue weighted by Gasteiger charge is 2.10. The molecule has 0 radical (unpaired) electrons. The van der Waals surface area contributed by atoms with Gasteiger partial charge in [0.1, 0.15) is 12.4 Å². The van der Waals surface area contributed by atoms with Gasteiger partial charge >= 0.3 is 0 Å². The summed E-state index contributed by atoms with van der Waals surface area (Å²) in [6, 6.07) is 14.1. The summed E-state index contributed by atoms with van der Waals surface area (Å²) >= 11 is 0. The van der Waals surface area contributed by atoms with E-state index in [9.17, 15) is 16.8 Å². The minimum Gasteiger partial charge on any atom is -0.492 e. The molecule has 0 heterocycles. The van der Waals surface area contributed by atoms with Crippen LogP contribution in [0.3, 0.4) is 0 Å². The topological polar surface area (TPSA) is 105 Å². The van der Waals surface area contributed by atoms with Gasteiger partial charge in [0, 0.05) is 24.5 Å². The molecule has 0 aromatic heterocycles. The molecule has 0 aliphatic rings. The van der Waals surface area contributed by atoms with Gasteiger partial charge in [-0.05, 0) is 54.9 Å². The van der Waals surface area contributed by atoms with Crippen LogP contribution in [0.5, 0.6) is 5.75 Å². The second-order valence-corrected chi connectivity index (χ2v) is 10.9. The number of sulfonamides is 2. The van der Waals surface area contributed by atoms with Crippen LogP contribution in [0.15, 0.2) is 48.5 Å². The summed E-state index contributed by atoms with van der Waals surface area (Å²) in [6.07, 6.45) is 2.23. The van der Waals surface area contributed by atoms with Gasteiger partial charge in [0.2, 0.25) is 20.0 Å². The number of hydrogen-bond donors (Lipinski definition) is 2. The molecule has 2 aromatic carbocycles. The van der Waals surface area contributed by atoms with Gasteiger partial charge in [0.05, 0.1) is 12.5 Å². The average Bonchev–Trinajstić information content (AvgIpc) is 2.61. The Labute approximate surface area is 179 Å². The normalized spacial score (nSPS) is 13.1. The third kappa shape index (κ3) is 9.02. The third-order valence-corrected chi connectivity index (χ3v) is 5.48. The number of benzene rings is 2. The molecule has 0 aliphatic carbocycles. The van der Waals surface area contributed by atoms with E-state index in [1.165, 1.54) is 0 Å². The summed E-state index contributed by atoms with van der Waals surface area (Å²) in [7, 11) is -4.55. The van der Waals surface area contributed by atoms with Crippen LogP contribution in [0.2, 0.25) is 0 Å². The predicted octanol–water partition coefficient (Wildman–Crippen LogP) is 2.54. The first-order valence-corrected chi connectivity index (χ1v) is 13.2. The van der Waals surface area contributed by atoms with E-state index >= 15 is 0 Å². The van der Waals surface area contributed by atoms with E-state index in [0.717, 1.165) is 31.2 Å². The van der Waals surface area contributed by atoms with Crippen molar-refractivity contribution in [2.24, 2.45) is 0 Å². The van der Waals surface area contributed by atoms with E-state index in [4.69, 9.17) is 4.74 Å². The predicted molar refractivity (Wildman–Crippen MR) is 121 cm³/mol. The number of likely N-dealkylation sites (N-methyl/N-ethyl adjacent to an activating group) is 1. The van der Waals surface area contributed by atoms with Crippen LogP contribution in [0.4, 0.5) is 11.4 Å². The Morgan fingerprint density at radius 1 is 0.867 bits per heavy atom. The van der Waals surface area contributed by atoms with Crippen molar-refractivity contribution in [1.29, 1.82) is 0 Å². The standard InChI is InChI=1S/C20H29N3O5S2/c1-16(17-5-7-18(8-6-17)21-29(3,24)25)15-23(2)13-14-28-20-11-9-19(10-12-20)22-30(4,26)27/h5-12,16,21-22H,13-15H2,1-4H3. The number of ether oxygens (including phenoxy) is 1. The molecule has 0 saturated carbocycles. The molecule has 0 spiro atoms. The summed E-state index contributed by atoms with van der Waals surface area (Å²) in [5, 5.41) is 0. The largest absolute Gasteiger partial charge is 0.492 e. The van der Waals surface area contributed by atoms with Crippen LogP contribution in [0.25, 0.3) is 0 Å². The molecule has 1 unspecified atom stereocenters. The maximum Gasteiger partial charge on any atom is 0.229 e. The minimum absolute atomic E-state index is 0.267. The first kappa shape index (κ1) is 24.0. The van der Waals surface area contributed by atoms with E-state index in [1.807, 2.05) is 19.2 Å². The van der Waals surface area contributed by atoms with Crippen molar-refractivity contribution < 1.29 is 21.6 Å². The van der Waals surface area contributed by atoms with Gasteiger partial charge in [0.15, 0.2) is 0 Å². The maximum absolute atomic E-state index is 11.3. The molecule has 0 aliphatic heterocycles. The zero-order valence-electron chi connectivity index (χ0n) is 17.6. The highest BCUT2D eigenvalue weighted by Crippen LogP contribution is 2.20. The lowest BCUT2D eigenvalue weighted by atomic mass is 10.0. The first-order valence-electron chi connectivity index (χ1n) is 9.38. The Balaban J connectivity index is 1.78. The Morgan fingerprint density at radius 2 is 1.33 bits per heavy atom. The smallest absolute Gasteiger partial charge is 0.229 e. The van der Waals surface area contributed by atoms with Gasteiger partial charge in [-0.25, -0.2) is 16.8 Å². The van der Waals surface area contributed by atoms with Gasteiger partial charge < -0.3 is 9.64 Å². The molecule has 10 heteroatoms. The average molecular weight is 456 g/mol. The monoisotopic (exact) mass is 455 g/mol. The van der Waals surface area contributed by atoms with Gasteiger partial charge in [-0.3, -0.25) is 9.44 Å². The molecule has 0 saturated heterocycles. The fourth-order valence-corrected chi connectivity index (χ4v) is 4.04. The van der Waals surface area contributed by atoms with E-state index in [-0.39, 0.29) is 5.92 Å². The fourth-order valence-electron chi connectivity index (χ4n) is 2.91. The highest BCUT2D eigenvalue weighted by atomic mass is 32.2. The molecule has 2 rings (SSSR count). The summed E-state index contributed by atoms with van der Waals surface area (Å²) in [6.45, 7) is 4.16. The lowest BCUT2D eigenvalue weighted by Gasteiger charge is -2.22. The second-order valence-electron chi connectivity index (χ2n) is 7.41. The molecule has 1 atom stereocenters. The van der Waals surface area contributed by atoms with Crippen molar-refractivity contribution in [1.82, 2.24) is 4.90 Å². The summed E-state index contributed by atoms with van der Waals surface area (Å²) in [5.41, 5.74) is 2.16. The van der Waals surface area contributed by atoms with Crippen molar-refractivity contribution in [3.63, 3.8) is 0 Å². The van der Waals surface area contributed by atoms with Crippen molar-refractivity contribution in [3.05, 3.63) is 54.1 Å². The summed E-state index contributed by atoms with van der Waals surface area (Å²) < 4.78 is 55.6. The zero-order valence-corrected chi connectivity index (χ0v) is 19.3. The maximum atomic E-state index is 11.3. The molecule has 2 aromatic rings. The van der Waals surface area contributed by atoms with Gasteiger partial charge in [-0.1, -0.05) is 19.1 Å². The third-order valence-electron chi connectivity index (χ3n) is 4.27. The number of anilines is 2. The van der Waals surface area contributed by atoms with Crippen LogP contribution in [0.1, 0.15) is 18.4 Å². The zero-order chi connectivity index (χ0) is 22.4. The van der Waals surface area contributed by atoms with Gasteiger partial charge in [-0.2, -0.15) is 0 Å². The van der Waals surface area contributed by atoms with E-state index in [2.05, 4.69) is 21.3 Å². The Bertz CT molecular complexity index is 1020. The van der Waals surface area contributed by atoms with Gasteiger partial charge in [-0.15, -0.1) is 0 Å². The summed E-state index contributed by atoms with van der Waals surface area (Å²) in [4.78, 5) is 2.16. The number of rotatable bonds is 11. The molecule has 8 nitrogen and oxygen atoms in total. The van der Waals surface area contributed by atoms with Crippen LogP contribution in [-0.4, -0.2) is 61.0 Å². The molecule has 0 amide bonds. The molecule has 30 heavy (non-hydrogen) atoms. The van der Waals surface area contributed by atoms with Crippen LogP contribution in [0, 0.1) is 0 Å². The lowest BCUT2D eigenvalue weighted by molar-refractivity contribution is 0.231. The SMILES string of the molecule is CC(CN(C)CCOc1ccc(NS(C)(=O)=O)cc1)c1ccc(NS(C)(=O)=O)cc1. The lowest BCUT2D eigenvalue weighted by Crippen LogP contribution is -2.28. The van der Waals surface area contributed by atoms with E-state index in [1.54, 1.807) is 36.4 Å². The first-order chi connectivity index (χ1) is 13.9. The number of hydrogen-bond acceptors (Lipinski definition) is 6. The molecule has 0 bridgehead atoms. The van der Waals surface area contributed by atoms with Crippen molar-refractivity contribution in [3.8, 4) is 5.75 Å². The van der Waals surface area contributed by atoms with Crippen molar-refractivity contribution in [2.75, 3.05) is 48.7 Å². The highest BCUT2D eigenvalue weighted by molar-refractivity contribution is 7.92. The summed E-state index contributed by atoms with van der Waals surface area (Å²) in [5.74, 6) is 0.938. The van der Waals surface area contributed by atoms with Crippen molar-refractivity contribution in [2.45, 2.75) is 12.8 Å². The fraction of sp³-hybridized carbons (Fsp3) is 0.400.